The van der Waals surface area contributed by atoms with Gasteiger partial charge in [0.15, 0.2) is 11.6 Å². The Balaban J connectivity index is 2.20. The van der Waals surface area contributed by atoms with E-state index in [1.165, 1.54) is 0 Å². The number of anilines is 1. The first-order chi connectivity index (χ1) is 8.58. The molecule has 0 N–H and O–H groups in total. The van der Waals surface area contributed by atoms with Crippen molar-refractivity contribution in [3.63, 3.8) is 0 Å². The molecule has 0 amide bonds. The van der Waals surface area contributed by atoms with Gasteiger partial charge in [0.25, 0.3) is 0 Å². The molecule has 0 unspecified atom stereocenters. The summed E-state index contributed by atoms with van der Waals surface area (Å²) in [6.45, 7) is 0.519. The molecular weight excluding hydrogens is 228 g/mol. The second kappa shape index (κ2) is 5.04. The molecule has 1 saturated heterocycles. The Bertz CT molecular complexity index is 472. The molecular formula is C14H16N2O2. The van der Waals surface area contributed by atoms with E-state index in [0.717, 1.165) is 5.69 Å². The van der Waals surface area contributed by atoms with E-state index in [-0.39, 0.29) is 24.7 Å². The van der Waals surface area contributed by atoms with Crippen molar-refractivity contribution in [2.24, 2.45) is 0 Å². The average Bonchev–Trinajstić information content (AvgIpc) is 2.34. The highest BCUT2D eigenvalue weighted by molar-refractivity contribution is 6.24. The van der Waals surface area contributed by atoms with Crippen molar-refractivity contribution in [3.05, 3.63) is 42.1 Å². The maximum atomic E-state index is 12.0. The molecule has 0 aliphatic carbocycles. The summed E-state index contributed by atoms with van der Waals surface area (Å²) in [5.74, 6) is -0.243. The van der Waals surface area contributed by atoms with Crippen molar-refractivity contribution in [2.75, 3.05) is 32.1 Å². The van der Waals surface area contributed by atoms with Gasteiger partial charge in [-0.15, -0.1) is 0 Å². The number of hydrogen-bond acceptors (Lipinski definition) is 4. The molecule has 0 atom stereocenters. The first kappa shape index (κ1) is 12.4. The van der Waals surface area contributed by atoms with Gasteiger partial charge >= 0.3 is 0 Å². The molecule has 18 heavy (non-hydrogen) atoms. The van der Waals surface area contributed by atoms with Gasteiger partial charge in [-0.25, -0.2) is 0 Å². The lowest BCUT2D eigenvalue weighted by Gasteiger charge is -2.28. The fourth-order valence-corrected chi connectivity index (χ4v) is 1.95. The van der Waals surface area contributed by atoms with Crippen LogP contribution in [0.3, 0.4) is 0 Å². The molecule has 1 aliphatic rings. The van der Waals surface area contributed by atoms with Gasteiger partial charge in [-0.1, -0.05) is 18.2 Å². The number of hydrogen-bond donors (Lipinski definition) is 0. The van der Waals surface area contributed by atoms with Gasteiger partial charge in [0.1, 0.15) is 0 Å². The van der Waals surface area contributed by atoms with E-state index in [1.54, 1.807) is 30.1 Å². The lowest BCUT2D eigenvalue weighted by Crippen LogP contribution is -2.43. The van der Waals surface area contributed by atoms with E-state index in [4.69, 9.17) is 0 Å². The van der Waals surface area contributed by atoms with Crippen LogP contribution in [0, 0.1) is 0 Å². The molecule has 94 valence electrons. The van der Waals surface area contributed by atoms with Crippen LogP contribution in [-0.4, -0.2) is 43.7 Å². The lowest BCUT2D eigenvalue weighted by molar-refractivity contribution is -0.121. The molecule has 1 aliphatic heterocycles. The molecule has 4 heteroatoms. The van der Waals surface area contributed by atoms with E-state index in [1.807, 2.05) is 30.3 Å². The quantitative estimate of drug-likeness (QED) is 0.577. The minimum absolute atomic E-state index is 0.121. The molecule has 0 bridgehead atoms. The number of piperidine rings is 1. The topological polar surface area (TPSA) is 40.6 Å². The molecule has 1 aromatic carbocycles. The number of nitrogens with zero attached hydrogens (tertiary/aromatic N) is 2. The maximum Gasteiger partial charge on any atom is 0.187 e. The highest BCUT2D eigenvalue weighted by atomic mass is 16.2. The summed E-state index contributed by atoms with van der Waals surface area (Å²) in [6.07, 6.45) is 1.60. The largest absolute Gasteiger partial charge is 0.383 e. The lowest BCUT2D eigenvalue weighted by atomic mass is 10.0. The van der Waals surface area contributed by atoms with E-state index in [9.17, 15) is 9.59 Å². The normalized spacial score (nSPS) is 15.9. The van der Waals surface area contributed by atoms with Crippen LogP contribution in [0.15, 0.2) is 42.1 Å². The third-order valence-electron chi connectivity index (χ3n) is 2.78. The van der Waals surface area contributed by atoms with E-state index >= 15 is 0 Å². The first-order valence-corrected chi connectivity index (χ1v) is 5.82. The van der Waals surface area contributed by atoms with Crippen molar-refractivity contribution < 1.29 is 9.59 Å². The molecule has 1 aromatic rings. The Morgan fingerprint density at radius 1 is 1.06 bits per heavy atom. The summed E-state index contributed by atoms with van der Waals surface area (Å²) in [5, 5.41) is 0. The number of Topliss-reactive ketones (excluding diaryl/α,β-unsaturated/α-hetero) is 2. The van der Waals surface area contributed by atoms with Crippen molar-refractivity contribution in [1.82, 2.24) is 4.90 Å². The number of carbonyl (C=O) groups is 2. The third kappa shape index (κ3) is 2.59. The number of benzene rings is 1. The summed E-state index contributed by atoms with van der Waals surface area (Å²) in [5.41, 5.74) is 1.20. The fourth-order valence-electron chi connectivity index (χ4n) is 1.95. The Morgan fingerprint density at radius 2 is 1.61 bits per heavy atom. The Hall–Kier alpha value is -2.10. The monoisotopic (exact) mass is 244 g/mol. The first-order valence-electron chi connectivity index (χ1n) is 5.82. The zero-order valence-electron chi connectivity index (χ0n) is 10.6. The predicted molar refractivity (Wildman–Crippen MR) is 70.4 cm³/mol. The Kier molecular flexibility index (Phi) is 3.46. The minimum Gasteiger partial charge on any atom is -0.383 e. The molecule has 2 rings (SSSR count). The number of rotatable bonds is 2. The van der Waals surface area contributed by atoms with E-state index in [0.29, 0.717) is 5.57 Å². The highest BCUT2D eigenvalue weighted by Crippen LogP contribution is 2.18. The fraction of sp³-hybridized carbons (Fsp3) is 0.286. The zero-order valence-corrected chi connectivity index (χ0v) is 10.6. The van der Waals surface area contributed by atoms with Gasteiger partial charge in [-0.3, -0.25) is 9.59 Å². The molecule has 4 nitrogen and oxygen atoms in total. The van der Waals surface area contributed by atoms with Gasteiger partial charge in [0.2, 0.25) is 0 Å². The van der Waals surface area contributed by atoms with Gasteiger partial charge in [0, 0.05) is 26.0 Å². The molecule has 1 fully saturated rings. The van der Waals surface area contributed by atoms with Crippen LogP contribution < -0.4 is 4.90 Å². The number of carbonyl (C=O) groups excluding carboxylic acids is 2. The van der Waals surface area contributed by atoms with Crippen LogP contribution >= 0.6 is 0 Å². The van der Waals surface area contributed by atoms with Crippen LogP contribution in [0.1, 0.15) is 0 Å². The Morgan fingerprint density at radius 3 is 2.11 bits per heavy atom. The van der Waals surface area contributed by atoms with Crippen molar-refractivity contribution >= 4 is 17.3 Å². The smallest absolute Gasteiger partial charge is 0.187 e. The van der Waals surface area contributed by atoms with Gasteiger partial charge < -0.3 is 9.80 Å². The van der Waals surface area contributed by atoms with Crippen molar-refractivity contribution in [1.29, 1.82) is 0 Å². The number of ketones is 2. The van der Waals surface area contributed by atoms with Crippen molar-refractivity contribution in [2.45, 2.75) is 0 Å². The van der Waals surface area contributed by atoms with Crippen LogP contribution in [0.5, 0.6) is 0 Å². The third-order valence-corrected chi connectivity index (χ3v) is 2.78. The maximum absolute atomic E-state index is 12.0. The van der Waals surface area contributed by atoms with Crippen LogP contribution in [0.25, 0.3) is 0 Å². The summed E-state index contributed by atoms with van der Waals surface area (Å²) in [6, 6.07) is 9.52. The molecule has 0 saturated carbocycles. The second-order valence-corrected chi connectivity index (χ2v) is 4.54. The summed E-state index contributed by atoms with van der Waals surface area (Å²) in [7, 11) is 3.61. The summed E-state index contributed by atoms with van der Waals surface area (Å²) in [4.78, 5) is 27.5. The Labute approximate surface area is 106 Å². The second-order valence-electron chi connectivity index (χ2n) is 4.54. The minimum atomic E-state index is -0.121. The van der Waals surface area contributed by atoms with E-state index in [2.05, 4.69) is 0 Å². The SMILES string of the molecule is CN(C)C=C1C(=O)CN(c2ccccc2)CC1=O. The molecule has 0 spiro atoms. The van der Waals surface area contributed by atoms with Gasteiger partial charge in [-0.05, 0) is 12.1 Å². The van der Waals surface area contributed by atoms with Crippen LogP contribution in [0.2, 0.25) is 0 Å². The predicted octanol–water partition coefficient (Wildman–Crippen LogP) is 1.09. The number of para-hydroxylation sites is 1. The van der Waals surface area contributed by atoms with E-state index < -0.39 is 0 Å². The van der Waals surface area contributed by atoms with Crippen LogP contribution in [-0.2, 0) is 9.59 Å². The highest BCUT2D eigenvalue weighted by Gasteiger charge is 2.28. The van der Waals surface area contributed by atoms with Gasteiger partial charge in [0.05, 0.1) is 18.7 Å². The summed E-state index contributed by atoms with van der Waals surface area (Å²) < 4.78 is 0. The summed E-state index contributed by atoms with van der Waals surface area (Å²) >= 11 is 0. The average molecular weight is 244 g/mol. The molecule has 0 aromatic heterocycles. The zero-order chi connectivity index (χ0) is 13.1. The van der Waals surface area contributed by atoms with Gasteiger partial charge in [-0.2, -0.15) is 0 Å². The standard InChI is InChI=1S/C14H16N2O2/c1-15(2)8-12-13(17)9-16(10-14(12)18)11-6-4-3-5-7-11/h3-8H,9-10H2,1-2H3. The van der Waals surface area contributed by atoms with Crippen LogP contribution in [0.4, 0.5) is 5.69 Å². The molecule has 1 heterocycles. The molecule has 0 radical (unpaired) electrons. The van der Waals surface area contributed by atoms with Crippen molar-refractivity contribution in [3.8, 4) is 0 Å².